The van der Waals surface area contributed by atoms with Crippen molar-refractivity contribution >= 4 is 17.0 Å². The van der Waals surface area contributed by atoms with Crippen molar-refractivity contribution in [2.24, 2.45) is 10.9 Å². The second-order valence-electron chi connectivity index (χ2n) is 15.9. The first-order valence-corrected chi connectivity index (χ1v) is 19.0. The Morgan fingerprint density at radius 3 is 2.10 bits per heavy atom. The van der Waals surface area contributed by atoms with E-state index in [9.17, 15) is 0 Å². The Kier molecular flexibility index (Phi) is 7.00. The van der Waals surface area contributed by atoms with Crippen LogP contribution < -0.4 is 5.32 Å². The van der Waals surface area contributed by atoms with Crippen LogP contribution in [0.25, 0.3) is 22.4 Å². The molecule has 2 heteroatoms. The van der Waals surface area contributed by atoms with Gasteiger partial charge in [0.15, 0.2) is 0 Å². The van der Waals surface area contributed by atoms with Crippen molar-refractivity contribution < 1.29 is 0 Å². The number of aliphatic imine (C=N–C) groups is 1. The van der Waals surface area contributed by atoms with Crippen molar-refractivity contribution in [2.75, 3.05) is 0 Å². The molecule has 1 saturated carbocycles. The van der Waals surface area contributed by atoms with E-state index in [2.05, 4.69) is 165 Å². The largest absolute Gasteiger partial charge is 0.360 e. The van der Waals surface area contributed by atoms with Crippen molar-refractivity contribution in [1.82, 2.24) is 5.32 Å². The van der Waals surface area contributed by atoms with Gasteiger partial charge in [0.05, 0.1) is 5.71 Å². The quantitative estimate of drug-likeness (QED) is 0.204. The van der Waals surface area contributed by atoms with Gasteiger partial charge >= 0.3 is 0 Å². The summed E-state index contributed by atoms with van der Waals surface area (Å²) < 4.78 is 0. The van der Waals surface area contributed by atoms with Crippen LogP contribution in [0.3, 0.4) is 0 Å². The van der Waals surface area contributed by atoms with Gasteiger partial charge in [0, 0.05) is 17.0 Å². The van der Waals surface area contributed by atoms with Gasteiger partial charge in [-0.15, -0.1) is 0 Å². The second kappa shape index (κ2) is 11.7. The average molecular weight is 661 g/mol. The van der Waals surface area contributed by atoms with Gasteiger partial charge in [0.25, 0.3) is 0 Å². The average Bonchev–Trinajstić information content (AvgIpc) is 3.59. The van der Waals surface area contributed by atoms with Crippen LogP contribution in [0.15, 0.2) is 156 Å². The van der Waals surface area contributed by atoms with E-state index >= 15 is 0 Å². The molecule has 1 aliphatic heterocycles. The molecular formula is C49H44N2. The number of allylic oxidation sites excluding steroid dienone is 5. The van der Waals surface area contributed by atoms with E-state index in [1.807, 2.05) is 0 Å². The number of nitrogens with zero attached hydrogens (tertiary/aromatic N) is 1. The Balaban J connectivity index is 1.06. The predicted octanol–water partition coefficient (Wildman–Crippen LogP) is 11.7. The molecule has 250 valence electrons. The van der Waals surface area contributed by atoms with E-state index < -0.39 is 0 Å². The summed E-state index contributed by atoms with van der Waals surface area (Å²) in [5, 5.41) is 3.76. The Morgan fingerprint density at radius 1 is 0.627 bits per heavy atom. The monoisotopic (exact) mass is 660 g/mol. The third kappa shape index (κ3) is 4.72. The van der Waals surface area contributed by atoms with Crippen LogP contribution in [0.1, 0.15) is 97.0 Å². The van der Waals surface area contributed by atoms with Gasteiger partial charge in [-0.25, -0.2) is 0 Å². The maximum absolute atomic E-state index is 5.15. The molecule has 5 aromatic rings. The Morgan fingerprint density at radius 2 is 1.31 bits per heavy atom. The number of nitrogens with one attached hydrogen (secondary N) is 1. The first-order valence-electron chi connectivity index (χ1n) is 19.0. The lowest BCUT2D eigenvalue weighted by Gasteiger charge is -2.39. The van der Waals surface area contributed by atoms with Crippen LogP contribution in [0.2, 0.25) is 0 Å². The zero-order valence-electron chi connectivity index (χ0n) is 29.6. The van der Waals surface area contributed by atoms with Gasteiger partial charge in [0.2, 0.25) is 0 Å². The highest BCUT2D eigenvalue weighted by Gasteiger charge is 2.52. The summed E-state index contributed by atoms with van der Waals surface area (Å²) in [7, 11) is 0. The lowest BCUT2D eigenvalue weighted by molar-refractivity contribution is 0.345. The molecule has 0 bridgehead atoms. The van der Waals surface area contributed by atoms with Crippen LogP contribution >= 0.6 is 0 Å². The smallest absolute Gasteiger partial charge is 0.145 e. The molecule has 1 N–H and O–H groups in total. The normalized spacial score (nSPS) is 23.5. The maximum atomic E-state index is 5.15. The molecule has 5 aromatic carbocycles. The van der Waals surface area contributed by atoms with E-state index in [-0.39, 0.29) is 17.0 Å². The molecule has 1 spiro atoms. The Bertz CT molecular complexity index is 2280. The summed E-state index contributed by atoms with van der Waals surface area (Å²) >= 11 is 0. The number of fused-ring (bicyclic) bond motifs is 8. The molecule has 2 nitrogen and oxygen atoms in total. The lowest BCUT2D eigenvalue weighted by atomic mass is 9.64. The maximum Gasteiger partial charge on any atom is 0.145 e. The molecule has 5 aliphatic rings. The van der Waals surface area contributed by atoms with Gasteiger partial charge in [-0.1, -0.05) is 173 Å². The van der Waals surface area contributed by atoms with Crippen molar-refractivity contribution in [3.05, 3.63) is 190 Å². The van der Waals surface area contributed by atoms with E-state index in [0.29, 0.717) is 11.8 Å². The summed E-state index contributed by atoms with van der Waals surface area (Å²) in [6.07, 6.45) is 14.0. The molecule has 0 aromatic heterocycles. The standard InChI is InChI=1S/C49H44N2/c1-48(2)40-21-11-10-19-37(40)38-29-43-39(30-42(38)48)46-36(20-14-22-41(46)49(43)27-12-5-13-28-49)32-23-25-34(26-24-32)45-31-44(33-15-6-3-7-16-33)50-47(51-45)35-17-8-4-9-18-35/h3-4,6-11,14-26,29-31,38,42,47,51H,5,12-13,27-28H2,1-2H3. The van der Waals surface area contributed by atoms with Crippen molar-refractivity contribution in [1.29, 1.82) is 0 Å². The van der Waals surface area contributed by atoms with Gasteiger partial charge in [0.1, 0.15) is 6.17 Å². The molecule has 1 fully saturated rings. The van der Waals surface area contributed by atoms with E-state index in [1.165, 1.54) is 71.1 Å². The number of benzene rings is 5. The summed E-state index contributed by atoms with van der Waals surface area (Å²) in [6.45, 7) is 4.93. The summed E-state index contributed by atoms with van der Waals surface area (Å²) in [6, 6.07) is 46.8. The minimum atomic E-state index is -0.150. The number of hydrogen-bond acceptors (Lipinski definition) is 2. The lowest BCUT2D eigenvalue weighted by Crippen LogP contribution is -2.31. The number of rotatable bonds is 4. The van der Waals surface area contributed by atoms with Gasteiger partial charge in [-0.3, -0.25) is 4.99 Å². The second-order valence-corrected chi connectivity index (χ2v) is 15.9. The van der Waals surface area contributed by atoms with Crippen molar-refractivity contribution in [3.8, 4) is 11.1 Å². The molecule has 10 rings (SSSR count). The van der Waals surface area contributed by atoms with E-state index in [0.717, 1.165) is 22.5 Å². The van der Waals surface area contributed by atoms with Crippen LogP contribution in [0.5, 0.6) is 0 Å². The Hall–Kier alpha value is -5.21. The van der Waals surface area contributed by atoms with Crippen LogP contribution in [-0.4, -0.2) is 5.71 Å². The van der Waals surface area contributed by atoms with Gasteiger partial charge in [-0.2, -0.15) is 0 Å². The zero-order chi connectivity index (χ0) is 34.2. The van der Waals surface area contributed by atoms with Crippen molar-refractivity contribution in [3.63, 3.8) is 0 Å². The molecule has 3 unspecified atom stereocenters. The highest BCUT2D eigenvalue weighted by Crippen LogP contribution is 2.64. The zero-order valence-corrected chi connectivity index (χ0v) is 29.6. The van der Waals surface area contributed by atoms with Gasteiger partial charge < -0.3 is 5.32 Å². The molecule has 0 saturated heterocycles. The molecule has 4 aliphatic carbocycles. The van der Waals surface area contributed by atoms with Crippen LogP contribution in [-0.2, 0) is 10.8 Å². The van der Waals surface area contributed by atoms with E-state index in [1.54, 1.807) is 11.1 Å². The van der Waals surface area contributed by atoms with Crippen LogP contribution in [0.4, 0.5) is 0 Å². The molecule has 3 atom stereocenters. The third-order valence-electron chi connectivity index (χ3n) is 12.8. The fourth-order valence-electron chi connectivity index (χ4n) is 10.3. The molecule has 1 heterocycles. The molecule has 51 heavy (non-hydrogen) atoms. The van der Waals surface area contributed by atoms with Crippen molar-refractivity contribution in [2.45, 2.75) is 68.9 Å². The fraction of sp³-hybridized carbons (Fsp3) is 0.245. The molecular weight excluding hydrogens is 617 g/mol. The van der Waals surface area contributed by atoms with Gasteiger partial charge in [-0.05, 0) is 91.5 Å². The molecule has 0 amide bonds. The van der Waals surface area contributed by atoms with E-state index in [4.69, 9.17) is 4.99 Å². The minimum absolute atomic E-state index is 0.0929. The third-order valence-corrected chi connectivity index (χ3v) is 12.8. The summed E-state index contributed by atoms with van der Waals surface area (Å²) in [5.74, 6) is 0.907. The topological polar surface area (TPSA) is 24.4 Å². The first-order chi connectivity index (χ1) is 25.0. The minimum Gasteiger partial charge on any atom is -0.360 e. The SMILES string of the molecule is CC1(C)c2ccccc2C2C=C3C(=CC21)c1c(-c2ccc(C4=CC(c5ccccc5)=NC(c5ccccc5)N4)cc2)cccc1C31CCCCC1. The highest BCUT2D eigenvalue weighted by atomic mass is 15.1. The highest BCUT2D eigenvalue weighted by molar-refractivity contribution is 6.13. The fourth-order valence-corrected chi connectivity index (χ4v) is 10.3. The number of hydrogen-bond donors (Lipinski definition) is 1. The Labute approximate surface area is 302 Å². The predicted molar refractivity (Wildman–Crippen MR) is 212 cm³/mol. The summed E-state index contributed by atoms with van der Waals surface area (Å²) in [4.78, 5) is 5.15. The molecule has 0 radical (unpaired) electrons. The first kappa shape index (κ1) is 30.6. The van der Waals surface area contributed by atoms with Crippen LogP contribution in [0, 0.1) is 5.92 Å². The summed E-state index contributed by atoms with van der Waals surface area (Å²) in [5.41, 5.74) is 17.7.